The van der Waals surface area contributed by atoms with Crippen LogP contribution in [0.4, 0.5) is 0 Å². The molecule has 6 heteroatoms. The van der Waals surface area contributed by atoms with E-state index in [4.69, 9.17) is 5.73 Å². The average molecular weight is 288 g/mol. The van der Waals surface area contributed by atoms with Crippen molar-refractivity contribution >= 4 is 18.3 Å². The van der Waals surface area contributed by atoms with E-state index >= 15 is 0 Å². The van der Waals surface area contributed by atoms with E-state index in [-0.39, 0.29) is 23.9 Å². The number of nitrogens with two attached hydrogens (primary N) is 1. The van der Waals surface area contributed by atoms with Crippen molar-refractivity contribution in [1.29, 1.82) is 0 Å². The Morgan fingerprint density at radius 1 is 1.47 bits per heavy atom. The van der Waals surface area contributed by atoms with Crippen molar-refractivity contribution in [1.82, 2.24) is 10.3 Å². The van der Waals surface area contributed by atoms with Crippen LogP contribution in [0, 0.1) is 5.92 Å². The zero-order chi connectivity index (χ0) is 13.8. The number of pyridine rings is 1. The third-order valence-electron chi connectivity index (χ3n) is 2.77. The molecule has 4 N–H and O–H groups in total. The molecule has 1 unspecified atom stereocenters. The molecule has 5 nitrogen and oxygen atoms in total. The molecule has 0 spiro atoms. The Morgan fingerprint density at radius 3 is 2.53 bits per heavy atom. The number of halogens is 1. The maximum absolute atomic E-state index is 12.0. The molecule has 1 heterocycles. The molecule has 0 aliphatic heterocycles. The van der Waals surface area contributed by atoms with E-state index in [0.717, 1.165) is 6.42 Å². The van der Waals surface area contributed by atoms with Crippen molar-refractivity contribution in [3.05, 3.63) is 34.2 Å². The van der Waals surface area contributed by atoms with Gasteiger partial charge in [0, 0.05) is 24.3 Å². The number of hydrogen-bond donors (Lipinski definition) is 3. The average Bonchev–Trinajstić information content (AvgIpc) is 2.28. The topological polar surface area (TPSA) is 88.0 Å². The molecule has 1 rings (SSSR count). The van der Waals surface area contributed by atoms with Crippen LogP contribution in [0.5, 0.6) is 0 Å². The van der Waals surface area contributed by atoms with Crippen LogP contribution in [0.15, 0.2) is 23.1 Å². The van der Waals surface area contributed by atoms with E-state index in [2.05, 4.69) is 24.1 Å². The second-order valence-corrected chi connectivity index (χ2v) is 5.26. The Balaban J connectivity index is 0.00000324. The molecule has 0 saturated heterocycles. The van der Waals surface area contributed by atoms with E-state index in [1.807, 2.05) is 6.92 Å². The van der Waals surface area contributed by atoms with Gasteiger partial charge in [-0.1, -0.05) is 13.8 Å². The lowest BCUT2D eigenvalue weighted by molar-refractivity contribution is 0.0898. The van der Waals surface area contributed by atoms with Crippen LogP contribution < -0.4 is 16.6 Å². The van der Waals surface area contributed by atoms with E-state index in [9.17, 15) is 9.59 Å². The first kappa shape index (κ1) is 17.7. The van der Waals surface area contributed by atoms with Gasteiger partial charge in [-0.25, -0.2) is 0 Å². The molecule has 0 aliphatic rings. The molecule has 0 fully saturated rings. The molecular formula is C13H22ClN3O2. The Bertz CT molecular complexity index is 453. The van der Waals surface area contributed by atoms with Crippen LogP contribution in [0.25, 0.3) is 0 Å². The summed E-state index contributed by atoms with van der Waals surface area (Å²) in [4.78, 5) is 25.4. The molecule has 108 valence electrons. The number of aromatic nitrogens is 1. The number of hydrogen-bond acceptors (Lipinski definition) is 3. The number of aromatic amines is 1. The second kappa shape index (κ2) is 7.31. The number of nitrogens with one attached hydrogen (secondary N) is 2. The molecule has 19 heavy (non-hydrogen) atoms. The van der Waals surface area contributed by atoms with E-state index < -0.39 is 5.54 Å². The van der Waals surface area contributed by atoms with Gasteiger partial charge in [0.2, 0.25) is 5.56 Å². The summed E-state index contributed by atoms with van der Waals surface area (Å²) in [7, 11) is 0. The van der Waals surface area contributed by atoms with E-state index in [1.54, 1.807) is 0 Å². The van der Waals surface area contributed by atoms with Crippen molar-refractivity contribution in [2.45, 2.75) is 32.7 Å². The van der Waals surface area contributed by atoms with Crippen molar-refractivity contribution in [3.8, 4) is 0 Å². The van der Waals surface area contributed by atoms with Gasteiger partial charge in [0.05, 0.1) is 5.56 Å². The normalized spacial score (nSPS) is 13.5. The largest absolute Gasteiger partial charge is 0.346 e. The molecule has 1 aromatic heterocycles. The van der Waals surface area contributed by atoms with Gasteiger partial charge in [-0.05, 0) is 25.3 Å². The minimum atomic E-state index is -0.429. The van der Waals surface area contributed by atoms with Crippen LogP contribution in [0.1, 0.15) is 37.6 Å². The van der Waals surface area contributed by atoms with Crippen LogP contribution in [0.3, 0.4) is 0 Å². The SMILES string of the molecule is CC(C)CC(C)(CN)NC(=O)c1ccc(=O)[nH]c1.Cl. The Hall–Kier alpha value is -1.33. The highest BCUT2D eigenvalue weighted by molar-refractivity contribution is 5.94. The molecule has 0 bridgehead atoms. The second-order valence-electron chi connectivity index (χ2n) is 5.26. The maximum Gasteiger partial charge on any atom is 0.253 e. The number of H-pyrrole nitrogens is 1. The summed E-state index contributed by atoms with van der Waals surface area (Å²) in [5.41, 5.74) is 5.51. The first-order chi connectivity index (χ1) is 8.36. The third kappa shape index (κ3) is 5.44. The lowest BCUT2D eigenvalue weighted by Gasteiger charge is -2.31. The highest BCUT2D eigenvalue weighted by atomic mass is 35.5. The van der Waals surface area contributed by atoms with Gasteiger partial charge < -0.3 is 16.0 Å². The number of carbonyl (C=O) groups excluding carboxylic acids is 1. The molecule has 1 aromatic rings. The minimum absolute atomic E-state index is 0. The van der Waals surface area contributed by atoms with Gasteiger partial charge in [0.1, 0.15) is 0 Å². The van der Waals surface area contributed by atoms with Crippen LogP contribution in [-0.4, -0.2) is 23.0 Å². The van der Waals surface area contributed by atoms with Crippen LogP contribution >= 0.6 is 12.4 Å². The molecule has 0 radical (unpaired) electrons. The molecule has 1 amide bonds. The summed E-state index contributed by atoms with van der Waals surface area (Å²) in [6, 6.07) is 2.83. The van der Waals surface area contributed by atoms with Gasteiger partial charge in [0.25, 0.3) is 5.91 Å². The minimum Gasteiger partial charge on any atom is -0.346 e. The predicted octanol–water partition coefficient (Wildman–Crippen LogP) is 1.29. The fourth-order valence-electron chi connectivity index (χ4n) is 1.98. The van der Waals surface area contributed by atoms with Gasteiger partial charge in [-0.15, -0.1) is 12.4 Å². The summed E-state index contributed by atoms with van der Waals surface area (Å²) >= 11 is 0. The fourth-order valence-corrected chi connectivity index (χ4v) is 1.98. The quantitative estimate of drug-likeness (QED) is 0.762. The van der Waals surface area contributed by atoms with Gasteiger partial charge in [0.15, 0.2) is 0 Å². The first-order valence-corrected chi connectivity index (χ1v) is 6.07. The predicted molar refractivity (Wildman–Crippen MR) is 78.7 cm³/mol. The summed E-state index contributed by atoms with van der Waals surface area (Å²) in [5.74, 6) is 0.217. The van der Waals surface area contributed by atoms with Crippen molar-refractivity contribution in [2.24, 2.45) is 11.7 Å². The summed E-state index contributed by atoms with van der Waals surface area (Å²) in [5, 5.41) is 2.92. The number of amides is 1. The molecule has 0 aliphatic carbocycles. The van der Waals surface area contributed by atoms with Gasteiger partial charge in [-0.3, -0.25) is 9.59 Å². The first-order valence-electron chi connectivity index (χ1n) is 6.07. The Labute approximate surface area is 119 Å². The van der Waals surface area contributed by atoms with Crippen LogP contribution in [0.2, 0.25) is 0 Å². The lowest BCUT2D eigenvalue weighted by atomic mass is 9.90. The molecule has 0 aromatic carbocycles. The standard InChI is InChI=1S/C13H21N3O2.ClH/c1-9(2)6-13(3,8-14)16-12(18)10-4-5-11(17)15-7-10;/h4-5,7,9H,6,8,14H2,1-3H3,(H,15,17)(H,16,18);1H. The molecule has 1 atom stereocenters. The molecular weight excluding hydrogens is 266 g/mol. The van der Waals surface area contributed by atoms with E-state index in [0.29, 0.717) is 18.0 Å². The van der Waals surface area contributed by atoms with Gasteiger partial charge >= 0.3 is 0 Å². The summed E-state index contributed by atoms with van der Waals surface area (Å²) < 4.78 is 0. The number of carbonyl (C=O) groups is 1. The van der Waals surface area contributed by atoms with Crippen LogP contribution in [-0.2, 0) is 0 Å². The highest BCUT2D eigenvalue weighted by Crippen LogP contribution is 2.15. The summed E-state index contributed by atoms with van der Waals surface area (Å²) in [6.07, 6.45) is 2.21. The van der Waals surface area contributed by atoms with E-state index in [1.165, 1.54) is 18.3 Å². The van der Waals surface area contributed by atoms with Crippen molar-refractivity contribution in [2.75, 3.05) is 6.54 Å². The maximum atomic E-state index is 12.0. The zero-order valence-corrected chi connectivity index (χ0v) is 12.3. The fraction of sp³-hybridized carbons (Fsp3) is 0.538. The Kier molecular flexibility index (Phi) is 6.79. The molecule has 0 saturated carbocycles. The highest BCUT2D eigenvalue weighted by Gasteiger charge is 2.26. The lowest BCUT2D eigenvalue weighted by Crippen LogP contribution is -2.52. The monoisotopic (exact) mass is 287 g/mol. The number of rotatable bonds is 5. The third-order valence-corrected chi connectivity index (χ3v) is 2.77. The Morgan fingerprint density at radius 2 is 2.11 bits per heavy atom. The van der Waals surface area contributed by atoms with Crippen molar-refractivity contribution < 1.29 is 4.79 Å². The smallest absolute Gasteiger partial charge is 0.253 e. The van der Waals surface area contributed by atoms with Gasteiger partial charge in [-0.2, -0.15) is 0 Å². The summed E-state index contributed by atoms with van der Waals surface area (Å²) in [6.45, 7) is 6.47. The zero-order valence-electron chi connectivity index (χ0n) is 11.5. The van der Waals surface area contributed by atoms with Crippen molar-refractivity contribution in [3.63, 3.8) is 0 Å².